The summed E-state index contributed by atoms with van der Waals surface area (Å²) < 4.78 is 5.01. The summed E-state index contributed by atoms with van der Waals surface area (Å²) >= 11 is 0. The first-order valence-corrected chi connectivity index (χ1v) is 5.43. The fraction of sp³-hybridized carbons (Fsp3) is 0.385. The monoisotopic (exact) mass is 235 g/mol. The second-order valence-corrected chi connectivity index (χ2v) is 3.84. The predicted octanol–water partition coefficient (Wildman–Crippen LogP) is 1.75. The molecule has 0 aliphatic rings. The van der Waals surface area contributed by atoms with E-state index in [-0.39, 0.29) is 11.7 Å². The van der Waals surface area contributed by atoms with Crippen LogP contribution in [0.3, 0.4) is 0 Å². The van der Waals surface area contributed by atoms with Crippen LogP contribution in [-0.2, 0) is 4.79 Å². The number of methoxy groups -OCH3 is 1. The van der Waals surface area contributed by atoms with Gasteiger partial charge in [0.1, 0.15) is 5.75 Å². The van der Waals surface area contributed by atoms with Gasteiger partial charge < -0.3 is 9.64 Å². The molecule has 0 N–H and O–H groups in total. The summed E-state index contributed by atoms with van der Waals surface area (Å²) in [6.07, 6.45) is 0.336. The Morgan fingerprint density at radius 1 is 1.24 bits per heavy atom. The van der Waals surface area contributed by atoms with Crippen molar-refractivity contribution in [2.45, 2.75) is 13.3 Å². The number of rotatable bonds is 5. The van der Waals surface area contributed by atoms with Crippen molar-refractivity contribution in [1.29, 1.82) is 0 Å². The van der Waals surface area contributed by atoms with E-state index in [1.54, 1.807) is 38.4 Å². The van der Waals surface area contributed by atoms with E-state index in [4.69, 9.17) is 4.74 Å². The lowest BCUT2D eigenvalue weighted by Crippen LogP contribution is -2.26. The highest BCUT2D eigenvalue weighted by molar-refractivity contribution is 5.96. The van der Waals surface area contributed by atoms with Gasteiger partial charge in [-0.05, 0) is 24.3 Å². The maximum atomic E-state index is 11.8. The van der Waals surface area contributed by atoms with Crippen LogP contribution in [0.25, 0.3) is 0 Å². The van der Waals surface area contributed by atoms with E-state index in [0.717, 1.165) is 5.75 Å². The van der Waals surface area contributed by atoms with Gasteiger partial charge >= 0.3 is 0 Å². The van der Waals surface area contributed by atoms with Gasteiger partial charge in [-0.1, -0.05) is 0 Å². The van der Waals surface area contributed by atoms with E-state index < -0.39 is 0 Å². The molecular formula is C13H17NO3. The third-order valence-corrected chi connectivity index (χ3v) is 2.62. The van der Waals surface area contributed by atoms with Gasteiger partial charge in [-0.25, -0.2) is 0 Å². The first-order valence-electron chi connectivity index (χ1n) is 5.43. The third-order valence-electron chi connectivity index (χ3n) is 2.62. The Kier molecular flexibility index (Phi) is 4.69. The summed E-state index contributed by atoms with van der Waals surface area (Å²) in [6, 6.07) is 6.97. The van der Waals surface area contributed by atoms with Crippen molar-refractivity contribution in [3.63, 3.8) is 0 Å². The first-order chi connectivity index (χ1) is 8.04. The molecule has 4 heteroatoms. The van der Waals surface area contributed by atoms with Crippen LogP contribution in [0.5, 0.6) is 5.75 Å². The van der Waals surface area contributed by atoms with E-state index in [1.807, 2.05) is 0 Å². The van der Waals surface area contributed by atoms with E-state index in [2.05, 4.69) is 0 Å². The summed E-state index contributed by atoms with van der Waals surface area (Å²) in [5.74, 6) is 0.718. The Bertz CT molecular complexity index is 398. The second kappa shape index (κ2) is 6.03. The lowest BCUT2D eigenvalue weighted by atomic mass is 10.1. The zero-order valence-corrected chi connectivity index (χ0v) is 10.4. The average molecular weight is 235 g/mol. The molecule has 1 rings (SSSR count). The molecule has 1 amide bonds. The molecule has 1 aromatic carbocycles. The minimum Gasteiger partial charge on any atom is -0.497 e. The Morgan fingerprint density at radius 2 is 1.82 bits per heavy atom. The summed E-state index contributed by atoms with van der Waals surface area (Å²) in [4.78, 5) is 24.3. The van der Waals surface area contributed by atoms with Crippen LogP contribution < -0.4 is 4.74 Å². The summed E-state index contributed by atoms with van der Waals surface area (Å²) in [7, 11) is 3.27. The number of ether oxygens (including phenoxy) is 1. The van der Waals surface area contributed by atoms with Crippen molar-refractivity contribution in [3.8, 4) is 5.75 Å². The summed E-state index contributed by atoms with van der Waals surface area (Å²) in [5, 5.41) is 0. The van der Waals surface area contributed by atoms with E-state index in [0.29, 0.717) is 18.5 Å². The molecule has 0 unspecified atom stereocenters. The van der Waals surface area contributed by atoms with Crippen LogP contribution in [0.4, 0.5) is 0 Å². The predicted molar refractivity (Wildman–Crippen MR) is 65.3 cm³/mol. The molecule has 0 bridgehead atoms. The van der Waals surface area contributed by atoms with Crippen LogP contribution in [0, 0.1) is 0 Å². The van der Waals surface area contributed by atoms with Crippen LogP contribution in [0.1, 0.15) is 23.7 Å². The van der Waals surface area contributed by atoms with Gasteiger partial charge in [-0.3, -0.25) is 9.59 Å². The Balaban J connectivity index is 2.55. The van der Waals surface area contributed by atoms with Gasteiger partial charge in [0.25, 0.3) is 0 Å². The lowest BCUT2D eigenvalue weighted by molar-refractivity contribution is -0.127. The molecular weight excluding hydrogens is 218 g/mol. The molecule has 92 valence electrons. The van der Waals surface area contributed by atoms with Crippen molar-refractivity contribution in [2.75, 3.05) is 20.7 Å². The zero-order chi connectivity index (χ0) is 12.8. The number of hydrogen-bond donors (Lipinski definition) is 0. The topological polar surface area (TPSA) is 46.6 Å². The Labute approximate surface area is 101 Å². The molecule has 0 aliphatic heterocycles. The summed E-state index contributed by atoms with van der Waals surface area (Å²) in [6.45, 7) is 1.93. The Hall–Kier alpha value is -1.84. The molecule has 0 spiro atoms. The number of hydrogen-bond acceptors (Lipinski definition) is 3. The second-order valence-electron chi connectivity index (χ2n) is 3.84. The van der Waals surface area contributed by atoms with Gasteiger partial charge in [0, 0.05) is 32.5 Å². The molecule has 0 fully saturated rings. The third kappa shape index (κ3) is 3.90. The molecule has 17 heavy (non-hydrogen) atoms. The van der Waals surface area contributed by atoms with Gasteiger partial charge in [0.05, 0.1) is 7.11 Å². The highest BCUT2D eigenvalue weighted by atomic mass is 16.5. The normalized spacial score (nSPS) is 9.82. The van der Waals surface area contributed by atoms with Crippen molar-refractivity contribution in [3.05, 3.63) is 29.8 Å². The lowest BCUT2D eigenvalue weighted by Gasteiger charge is -2.13. The highest BCUT2D eigenvalue weighted by Gasteiger charge is 2.08. The van der Waals surface area contributed by atoms with Crippen LogP contribution >= 0.6 is 0 Å². The number of amides is 1. The minimum absolute atomic E-state index is 0.0285. The zero-order valence-electron chi connectivity index (χ0n) is 10.4. The van der Waals surface area contributed by atoms with Crippen LogP contribution in [0.2, 0.25) is 0 Å². The van der Waals surface area contributed by atoms with Crippen molar-refractivity contribution in [1.82, 2.24) is 4.90 Å². The maximum absolute atomic E-state index is 11.8. The molecule has 0 saturated carbocycles. The molecule has 0 heterocycles. The van der Waals surface area contributed by atoms with E-state index in [1.165, 1.54) is 11.8 Å². The fourth-order valence-corrected chi connectivity index (χ4v) is 1.35. The van der Waals surface area contributed by atoms with Crippen molar-refractivity contribution in [2.24, 2.45) is 0 Å². The number of carbonyl (C=O) groups excluding carboxylic acids is 2. The van der Waals surface area contributed by atoms with Crippen molar-refractivity contribution >= 4 is 11.7 Å². The van der Waals surface area contributed by atoms with Gasteiger partial charge in [-0.15, -0.1) is 0 Å². The van der Waals surface area contributed by atoms with Gasteiger partial charge in [0.2, 0.25) is 5.91 Å². The molecule has 0 aliphatic carbocycles. The van der Waals surface area contributed by atoms with Crippen molar-refractivity contribution < 1.29 is 14.3 Å². The standard InChI is InChI=1S/C13H17NO3/c1-10(15)14(2)9-8-13(16)11-4-6-12(17-3)7-5-11/h4-7H,8-9H2,1-3H3. The van der Waals surface area contributed by atoms with Crippen LogP contribution in [-0.4, -0.2) is 37.3 Å². The molecule has 4 nitrogen and oxygen atoms in total. The molecule has 0 radical (unpaired) electrons. The largest absolute Gasteiger partial charge is 0.497 e. The summed E-state index contributed by atoms with van der Waals surface area (Å²) in [5.41, 5.74) is 0.641. The first kappa shape index (κ1) is 13.2. The number of benzene rings is 1. The minimum atomic E-state index is -0.0347. The maximum Gasteiger partial charge on any atom is 0.219 e. The molecule has 0 atom stereocenters. The smallest absolute Gasteiger partial charge is 0.219 e. The number of nitrogens with zero attached hydrogens (tertiary/aromatic N) is 1. The Morgan fingerprint density at radius 3 is 2.29 bits per heavy atom. The number of ketones is 1. The fourth-order valence-electron chi connectivity index (χ4n) is 1.35. The SMILES string of the molecule is COc1ccc(C(=O)CCN(C)C(C)=O)cc1. The highest BCUT2D eigenvalue weighted by Crippen LogP contribution is 2.12. The number of Topliss-reactive ketones (excluding diaryl/α,β-unsaturated/α-hetero) is 1. The van der Waals surface area contributed by atoms with Gasteiger partial charge in [0.15, 0.2) is 5.78 Å². The van der Waals surface area contributed by atoms with Gasteiger partial charge in [-0.2, -0.15) is 0 Å². The number of carbonyl (C=O) groups is 2. The molecule has 0 saturated heterocycles. The average Bonchev–Trinajstić information content (AvgIpc) is 2.35. The quantitative estimate of drug-likeness (QED) is 0.730. The van der Waals surface area contributed by atoms with Crippen LogP contribution in [0.15, 0.2) is 24.3 Å². The molecule has 1 aromatic rings. The van der Waals surface area contributed by atoms with E-state index in [9.17, 15) is 9.59 Å². The molecule has 0 aromatic heterocycles. The van der Waals surface area contributed by atoms with E-state index >= 15 is 0 Å².